The number of hydrogen-bond donors (Lipinski definition) is 0. The SMILES string of the molecule is C=C(C)COC(C#COC(C)(C)C)CCCCC. The van der Waals surface area contributed by atoms with Gasteiger partial charge < -0.3 is 9.47 Å². The van der Waals surface area contributed by atoms with E-state index in [9.17, 15) is 0 Å². The molecule has 0 aromatic heterocycles. The van der Waals surface area contributed by atoms with E-state index in [1.165, 1.54) is 12.8 Å². The van der Waals surface area contributed by atoms with Crippen LogP contribution in [-0.4, -0.2) is 18.3 Å². The molecule has 1 unspecified atom stereocenters. The quantitative estimate of drug-likeness (QED) is 0.382. The molecule has 0 spiro atoms. The second-order valence-electron chi connectivity index (χ2n) is 5.71. The van der Waals surface area contributed by atoms with Crippen LogP contribution in [0.3, 0.4) is 0 Å². The largest absolute Gasteiger partial charge is 0.441 e. The van der Waals surface area contributed by atoms with Gasteiger partial charge in [-0.3, -0.25) is 0 Å². The summed E-state index contributed by atoms with van der Waals surface area (Å²) in [6, 6.07) is 0. The lowest BCUT2D eigenvalue weighted by molar-refractivity contribution is 0.0865. The Morgan fingerprint density at radius 2 is 1.94 bits per heavy atom. The molecule has 0 heterocycles. The van der Waals surface area contributed by atoms with Crippen molar-refractivity contribution in [1.29, 1.82) is 0 Å². The first kappa shape index (κ1) is 17.1. The van der Waals surface area contributed by atoms with Gasteiger partial charge in [0.05, 0.1) is 6.61 Å². The van der Waals surface area contributed by atoms with Crippen LogP contribution in [0.5, 0.6) is 0 Å². The fraction of sp³-hybridized carbons (Fsp3) is 0.750. The number of rotatable bonds is 7. The summed E-state index contributed by atoms with van der Waals surface area (Å²) in [6.07, 6.45) is 7.25. The van der Waals surface area contributed by atoms with Crippen LogP contribution < -0.4 is 0 Å². The van der Waals surface area contributed by atoms with Gasteiger partial charge in [-0.05, 0) is 46.5 Å². The number of unbranched alkanes of at least 4 members (excludes halogenated alkanes) is 2. The molecule has 18 heavy (non-hydrogen) atoms. The van der Waals surface area contributed by atoms with Crippen LogP contribution in [-0.2, 0) is 9.47 Å². The number of hydrogen-bond acceptors (Lipinski definition) is 2. The van der Waals surface area contributed by atoms with E-state index in [0.29, 0.717) is 6.61 Å². The van der Waals surface area contributed by atoms with E-state index >= 15 is 0 Å². The average Bonchev–Trinajstić information content (AvgIpc) is 2.23. The van der Waals surface area contributed by atoms with Crippen LogP contribution in [0.25, 0.3) is 0 Å². The smallest absolute Gasteiger partial charge is 0.122 e. The normalized spacial score (nSPS) is 12.5. The molecule has 0 aliphatic carbocycles. The minimum atomic E-state index is -0.227. The minimum absolute atomic E-state index is 0.0457. The van der Waals surface area contributed by atoms with Crippen LogP contribution in [0, 0.1) is 12.0 Å². The van der Waals surface area contributed by atoms with Gasteiger partial charge in [-0.15, -0.1) is 0 Å². The van der Waals surface area contributed by atoms with Gasteiger partial charge >= 0.3 is 0 Å². The maximum Gasteiger partial charge on any atom is 0.122 e. The van der Waals surface area contributed by atoms with E-state index < -0.39 is 0 Å². The van der Waals surface area contributed by atoms with Crippen LogP contribution in [0.1, 0.15) is 60.3 Å². The van der Waals surface area contributed by atoms with Gasteiger partial charge in [-0.2, -0.15) is 0 Å². The summed E-state index contributed by atoms with van der Waals surface area (Å²) < 4.78 is 11.1. The summed E-state index contributed by atoms with van der Waals surface area (Å²) >= 11 is 0. The molecule has 0 bridgehead atoms. The van der Waals surface area contributed by atoms with Crippen LogP contribution >= 0.6 is 0 Å². The summed E-state index contributed by atoms with van der Waals surface area (Å²) in [5.41, 5.74) is 0.795. The van der Waals surface area contributed by atoms with Crippen molar-refractivity contribution < 1.29 is 9.47 Å². The molecule has 0 amide bonds. The molecule has 0 aromatic carbocycles. The molecule has 0 saturated heterocycles. The molecule has 0 fully saturated rings. The number of ether oxygens (including phenoxy) is 2. The molecule has 0 N–H and O–H groups in total. The van der Waals surface area contributed by atoms with Crippen LogP contribution in [0.4, 0.5) is 0 Å². The summed E-state index contributed by atoms with van der Waals surface area (Å²) in [7, 11) is 0. The maximum absolute atomic E-state index is 5.71. The van der Waals surface area contributed by atoms with Crippen molar-refractivity contribution in [2.45, 2.75) is 72.0 Å². The predicted octanol–water partition coefficient (Wildman–Crippen LogP) is 4.30. The monoisotopic (exact) mass is 252 g/mol. The Morgan fingerprint density at radius 3 is 2.44 bits per heavy atom. The van der Waals surface area contributed by atoms with Gasteiger partial charge in [0, 0.05) is 0 Å². The summed E-state index contributed by atoms with van der Waals surface area (Å²) in [5, 5.41) is 0. The Morgan fingerprint density at radius 1 is 1.28 bits per heavy atom. The van der Waals surface area contributed by atoms with Gasteiger partial charge in [0.2, 0.25) is 0 Å². The molecule has 0 aliphatic rings. The van der Waals surface area contributed by atoms with Crippen molar-refractivity contribution in [3.63, 3.8) is 0 Å². The molecule has 2 heteroatoms. The van der Waals surface area contributed by atoms with E-state index in [2.05, 4.69) is 25.5 Å². The standard InChI is InChI=1S/C16H28O2/c1-7-8-9-10-15(17-13-14(2)3)11-12-18-16(4,5)6/h15H,2,7-10,13H2,1,3-6H3. The molecule has 0 radical (unpaired) electrons. The first-order chi connectivity index (χ1) is 8.35. The minimum Gasteiger partial charge on any atom is -0.441 e. The second-order valence-corrected chi connectivity index (χ2v) is 5.71. The molecular weight excluding hydrogens is 224 g/mol. The zero-order valence-corrected chi connectivity index (χ0v) is 12.6. The van der Waals surface area contributed by atoms with Crippen molar-refractivity contribution in [1.82, 2.24) is 0 Å². The van der Waals surface area contributed by atoms with E-state index in [4.69, 9.17) is 9.47 Å². The molecule has 0 aliphatic heterocycles. The van der Waals surface area contributed by atoms with Crippen LogP contribution in [0.15, 0.2) is 12.2 Å². The lowest BCUT2D eigenvalue weighted by atomic mass is 10.1. The van der Waals surface area contributed by atoms with Gasteiger partial charge in [0.1, 0.15) is 17.8 Å². The second kappa shape index (κ2) is 9.05. The fourth-order valence-electron chi connectivity index (χ4n) is 1.27. The topological polar surface area (TPSA) is 18.5 Å². The van der Waals surface area contributed by atoms with Crippen molar-refractivity contribution in [3.8, 4) is 12.0 Å². The molecular formula is C16H28O2. The first-order valence-electron chi connectivity index (χ1n) is 6.79. The Labute approximate surface area is 113 Å². The van der Waals surface area contributed by atoms with Gasteiger partial charge in [0.25, 0.3) is 0 Å². The van der Waals surface area contributed by atoms with Crippen molar-refractivity contribution in [2.24, 2.45) is 0 Å². The highest BCUT2D eigenvalue weighted by molar-refractivity contribution is 5.02. The highest BCUT2D eigenvalue weighted by atomic mass is 16.5. The van der Waals surface area contributed by atoms with E-state index in [-0.39, 0.29) is 11.7 Å². The first-order valence-corrected chi connectivity index (χ1v) is 6.79. The highest BCUT2D eigenvalue weighted by Gasteiger charge is 2.09. The lowest BCUT2D eigenvalue weighted by Gasteiger charge is -2.16. The van der Waals surface area contributed by atoms with Gasteiger partial charge in [-0.1, -0.05) is 31.9 Å². The highest BCUT2D eigenvalue weighted by Crippen LogP contribution is 2.09. The summed E-state index contributed by atoms with van der Waals surface area (Å²) in [6.45, 7) is 14.5. The van der Waals surface area contributed by atoms with Crippen molar-refractivity contribution >= 4 is 0 Å². The zero-order valence-electron chi connectivity index (χ0n) is 12.6. The maximum atomic E-state index is 5.71. The third-order valence-electron chi connectivity index (χ3n) is 2.18. The Kier molecular flexibility index (Phi) is 8.58. The molecule has 2 nitrogen and oxygen atoms in total. The lowest BCUT2D eigenvalue weighted by Crippen LogP contribution is -2.17. The summed E-state index contributed by atoms with van der Waals surface area (Å²) in [4.78, 5) is 0. The molecule has 0 rings (SSSR count). The molecule has 0 saturated carbocycles. The van der Waals surface area contributed by atoms with Crippen LogP contribution in [0.2, 0.25) is 0 Å². The van der Waals surface area contributed by atoms with Crippen molar-refractivity contribution in [2.75, 3.05) is 6.61 Å². The van der Waals surface area contributed by atoms with Gasteiger partial charge in [-0.25, -0.2) is 0 Å². The molecule has 0 aromatic rings. The summed E-state index contributed by atoms with van der Waals surface area (Å²) in [5.74, 6) is 3.05. The Hall–Kier alpha value is -0.940. The zero-order chi connectivity index (χ0) is 14.0. The molecule has 1 atom stereocenters. The Bertz CT molecular complexity index is 288. The van der Waals surface area contributed by atoms with E-state index in [1.807, 2.05) is 27.7 Å². The predicted molar refractivity (Wildman–Crippen MR) is 77.3 cm³/mol. The van der Waals surface area contributed by atoms with E-state index in [0.717, 1.165) is 18.4 Å². The Balaban J connectivity index is 4.22. The average molecular weight is 252 g/mol. The third kappa shape index (κ3) is 11.5. The third-order valence-corrected chi connectivity index (χ3v) is 2.18. The van der Waals surface area contributed by atoms with Gasteiger partial charge in [0.15, 0.2) is 0 Å². The molecule has 104 valence electrons. The van der Waals surface area contributed by atoms with E-state index in [1.54, 1.807) is 0 Å². The van der Waals surface area contributed by atoms with Crippen molar-refractivity contribution in [3.05, 3.63) is 12.2 Å². The fourth-order valence-corrected chi connectivity index (χ4v) is 1.27.